The number of hydrogen-bond acceptors (Lipinski definition) is 4. The molecule has 2 atom stereocenters. The van der Waals surface area contributed by atoms with Crippen molar-refractivity contribution >= 4 is 0 Å². The first kappa shape index (κ1) is 10.4. The Balaban J connectivity index is 2.10. The van der Waals surface area contributed by atoms with Gasteiger partial charge >= 0.3 is 0 Å². The van der Waals surface area contributed by atoms with Gasteiger partial charge in [-0.05, 0) is 28.2 Å². The lowest BCUT2D eigenvalue weighted by atomic mass is 10.0. The highest BCUT2D eigenvalue weighted by Crippen LogP contribution is 2.20. The molecule has 0 amide bonds. The number of rotatable bonds is 0. The maximum Gasteiger partial charge on any atom is 0.0505 e. The van der Waals surface area contributed by atoms with Crippen molar-refractivity contribution in [3.8, 4) is 0 Å². The quantitative estimate of drug-likeness (QED) is 0.515. The second-order valence-corrected chi connectivity index (χ2v) is 5.01. The molecule has 2 rings (SSSR count). The molecule has 0 saturated carbocycles. The first-order valence-electron chi connectivity index (χ1n) is 5.35. The molecule has 0 aromatic rings. The van der Waals surface area contributed by atoms with Gasteiger partial charge in [-0.25, -0.2) is 0 Å². The van der Waals surface area contributed by atoms with Crippen LogP contribution in [-0.4, -0.2) is 86.3 Å². The summed E-state index contributed by atoms with van der Waals surface area (Å²) in [6.07, 6.45) is 0. The average molecular weight is 198 g/mol. The Bertz CT molecular complexity index is 186. The summed E-state index contributed by atoms with van der Waals surface area (Å²) in [6.45, 7) is 4.62. The van der Waals surface area contributed by atoms with Gasteiger partial charge in [0.05, 0.1) is 13.3 Å². The summed E-state index contributed by atoms with van der Waals surface area (Å²) >= 11 is 0. The molecule has 0 aromatic heterocycles. The molecule has 2 fully saturated rings. The van der Waals surface area contributed by atoms with Crippen molar-refractivity contribution in [2.45, 2.75) is 12.1 Å². The highest BCUT2D eigenvalue weighted by Gasteiger charge is 2.37. The van der Waals surface area contributed by atoms with Crippen LogP contribution in [0.3, 0.4) is 0 Å². The van der Waals surface area contributed by atoms with Gasteiger partial charge in [0, 0.05) is 25.2 Å². The average Bonchev–Trinajstić information content (AvgIpc) is 2.07. The molecule has 82 valence electrons. The van der Waals surface area contributed by atoms with E-state index in [-0.39, 0.29) is 0 Å². The molecule has 4 nitrogen and oxygen atoms in total. The highest BCUT2D eigenvalue weighted by atomic mass is 15.4. The molecule has 0 bridgehead atoms. The second kappa shape index (κ2) is 3.77. The van der Waals surface area contributed by atoms with E-state index in [9.17, 15) is 0 Å². The molecule has 0 aliphatic carbocycles. The van der Waals surface area contributed by atoms with Crippen molar-refractivity contribution in [1.29, 1.82) is 0 Å². The molecule has 0 spiro atoms. The number of hydrogen-bond donors (Lipinski definition) is 0. The van der Waals surface area contributed by atoms with Gasteiger partial charge in [0.15, 0.2) is 0 Å². The smallest absolute Gasteiger partial charge is 0.0505 e. The van der Waals surface area contributed by atoms with E-state index in [0.717, 1.165) is 13.3 Å². The Morgan fingerprint density at radius 3 is 1.43 bits per heavy atom. The van der Waals surface area contributed by atoms with Crippen LogP contribution in [0.15, 0.2) is 0 Å². The van der Waals surface area contributed by atoms with E-state index in [2.05, 4.69) is 47.8 Å². The van der Waals surface area contributed by atoms with Gasteiger partial charge in [-0.2, -0.15) is 0 Å². The predicted molar refractivity (Wildman–Crippen MR) is 58.1 cm³/mol. The Kier molecular flexibility index (Phi) is 2.79. The van der Waals surface area contributed by atoms with Crippen LogP contribution in [0.2, 0.25) is 0 Å². The molecule has 0 N–H and O–H groups in total. The topological polar surface area (TPSA) is 13.0 Å². The highest BCUT2D eigenvalue weighted by molar-refractivity contribution is 4.94. The zero-order valence-corrected chi connectivity index (χ0v) is 9.77. The van der Waals surface area contributed by atoms with E-state index in [4.69, 9.17) is 0 Å². The van der Waals surface area contributed by atoms with Gasteiger partial charge < -0.3 is 0 Å². The zero-order valence-electron chi connectivity index (χ0n) is 9.77. The maximum atomic E-state index is 2.47. The van der Waals surface area contributed by atoms with Gasteiger partial charge in [0.2, 0.25) is 0 Å². The predicted octanol–water partition coefficient (Wildman–Crippen LogP) is -0.607. The van der Waals surface area contributed by atoms with E-state index < -0.39 is 0 Å². The lowest BCUT2D eigenvalue weighted by Crippen LogP contribution is -2.68. The van der Waals surface area contributed by atoms with Crippen LogP contribution in [0.5, 0.6) is 0 Å². The van der Waals surface area contributed by atoms with Crippen molar-refractivity contribution in [3.63, 3.8) is 0 Å². The molecule has 2 heterocycles. The minimum Gasteiger partial charge on any atom is -0.292 e. The molecule has 2 saturated heterocycles. The number of likely N-dealkylation sites (N-methyl/N-ethyl adjacent to an activating group) is 4. The zero-order chi connectivity index (χ0) is 10.3. The fraction of sp³-hybridized carbons (Fsp3) is 1.00. The van der Waals surface area contributed by atoms with Crippen molar-refractivity contribution in [3.05, 3.63) is 0 Å². The fourth-order valence-electron chi connectivity index (χ4n) is 2.84. The molecule has 2 unspecified atom stereocenters. The summed E-state index contributed by atoms with van der Waals surface area (Å²) < 4.78 is 0. The molecule has 0 aromatic carbocycles. The first-order valence-corrected chi connectivity index (χ1v) is 5.35. The van der Waals surface area contributed by atoms with Crippen molar-refractivity contribution in [2.24, 2.45) is 0 Å². The van der Waals surface area contributed by atoms with Crippen LogP contribution >= 0.6 is 0 Å². The van der Waals surface area contributed by atoms with Crippen LogP contribution in [0, 0.1) is 0 Å². The third-order valence-corrected chi connectivity index (χ3v) is 3.50. The minimum absolute atomic E-state index is 0.704. The summed E-state index contributed by atoms with van der Waals surface area (Å²) in [5.41, 5.74) is 0. The first-order chi connectivity index (χ1) is 6.58. The molecule has 2 aliphatic rings. The van der Waals surface area contributed by atoms with Crippen LogP contribution in [0.25, 0.3) is 0 Å². The molecule has 14 heavy (non-hydrogen) atoms. The SMILES string of the molecule is CN1CC2C(CN(C)CN2C)N(C)C1. The van der Waals surface area contributed by atoms with Crippen LogP contribution < -0.4 is 0 Å². The monoisotopic (exact) mass is 198 g/mol. The van der Waals surface area contributed by atoms with Crippen molar-refractivity contribution in [1.82, 2.24) is 19.6 Å². The van der Waals surface area contributed by atoms with E-state index in [1.807, 2.05) is 0 Å². The lowest BCUT2D eigenvalue weighted by Gasteiger charge is -2.52. The third-order valence-electron chi connectivity index (χ3n) is 3.50. The van der Waals surface area contributed by atoms with Gasteiger partial charge in [-0.3, -0.25) is 19.6 Å². The summed E-state index contributed by atoms with van der Waals surface area (Å²) in [6, 6.07) is 1.41. The van der Waals surface area contributed by atoms with Gasteiger partial charge in [-0.15, -0.1) is 0 Å². The summed E-state index contributed by atoms with van der Waals surface area (Å²) in [5, 5.41) is 0. The lowest BCUT2D eigenvalue weighted by molar-refractivity contribution is -0.0578. The summed E-state index contributed by atoms with van der Waals surface area (Å²) in [4.78, 5) is 9.76. The van der Waals surface area contributed by atoms with E-state index in [0.29, 0.717) is 12.1 Å². The normalized spacial score (nSPS) is 38.6. The van der Waals surface area contributed by atoms with Crippen LogP contribution in [0.4, 0.5) is 0 Å². The molecule has 4 heteroatoms. The number of fused-ring (bicyclic) bond motifs is 1. The molecular formula is C10H22N4. The molecular weight excluding hydrogens is 176 g/mol. The van der Waals surface area contributed by atoms with Gasteiger partial charge in [-0.1, -0.05) is 0 Å². The van der Waals surface area contributed by atoms with Crippen LogP contribution in [0.1, 0.15) is 0 Å². The van der Waals surface area contributed by atoms with Crippen LogP contribution in [-0.2, 0) is 0 Å². The van der Waals surface area contributed by atoms with Crippen molar-refractivity contribution < 1.29 is 0 Å². The second-order valence-electron chi connectivity index (χ2n) is 5.01. The summed E-state index contributed by atoms with van der Waals surface area (Å²) in [5.74, 6) is 0. The van der Waals surface area contributed by atoms with E-state index >= 15 is 0 Å². The standard InChI is InChI=1S/C10H22N4/c1-11-5-9-10(13(3)7-11)6-12(2)8-14(9)4/h9-10H,5-8H2,1-4H3. The molecule has 0 radical (unpaired) electrons. The van der Waals surface area contributed by atoms with E-state index in [1.165, 1.54) is 13.1 Å². The maximum absolute atomic E-state index is 2.47. The van der Waals surface area contributed by atoms with Crippen molar-refractivity contribution in [2.75, 3.05) is 54.6 Å². The number of nitrogens with zero attached hydrogens (tertiary/aromatic N) is 4. The summed E-state index contributed by atoms with van der Waals surface area (Å²) in [7, 11) is 8.89. The van der Waals surface area contributed by atoms with Gasteiger partial charge in [0.25, 0.3) is 0 Å². The Labute approximate surface area is 87.1 Å². The van der Waals surface area contributed by atoms with Gasteiger partial charge in [0.1, 0.15) is 0 Å². The minimum atomic E-state index is 0.704. The third kappa shape index (κ3) is 1.80. The van der Waals surface area contributed by atoms with E-state index in [1.54, 1.807) is 0 Å². The Hall–Kier alpha value is -0.160. The Morgan fingerprint density at radius 1 is 0.714 bits per heavy atom. The fourth-order valence-corrected chi connectivity index (χ4v) is 2.84. The molecule has 2 aliphatic heterocycles. The largest absolute Gasteiger partial charge is 0.292 e. The Morgan fingerprint density at radius 2 is 1.07 bits per heavy atom.